The smallest absolute Gasteiger partial charge is 0.326 e. The fraction of sp³-hybridized carbons (Fsp3) is 0.633. The van der Waals surface area contributed by atoms with Crippen molar-refractivity contribution < 1.29 is 48.3 Å². The van der Waals surface area contributed by atoms with Gasteiger partial charge in [-0.25, -0.2) is 4.79 Å². The zero-order chi connectivity index (χ0) is 53.8. The second-order valence-corrected chi connectivity index (χ2v) is 19.7. The Balaban J connectivity index is 1.77. The zero-order valence-electron chi connectivity index (χ0n) is 43.0. The number of hydrogen-bond donors (Lipinski definition) is 12. The fourth-order valence-electron chi connectivity index (χ4n) is 8.26. The molecule has 1 fully saturated rings. The first-order valence-corrected chi connectivity index (χ1v) is 24.9. The second-order valence-electron chi connectivity index (χ2n) is 19.7. The average molecular weight is 1010 g/mol. The summed E-state index contributed by atoms with van der Waals surface area (Å²) in [6, 6.07) is -0.298. The fourth-order valence-corrected chi connectivity index (χ4v) is 8.26. The molecular weight excluding hydrogens is 931 g/mol. The van der Waals surface area contributed by atoms with Gasteiger partial charge in [0.25, 0.3) is 0 Å². The number of amides is 8. The SMILES string of the molecule is CC[C@H](C)[C@H](N)C(=O)N[C@H](C(=O)NCC(=O)NCC(=O)N[C@@H](Cc1c[nH]c2ccccc12)C(=O)N[C@@H](CC(C)C)C(=O)N[C@@H](CC(C)C)C(=O)N1CCC[C@H]1C(=O)N[C@@H](CCCN=C(N)N)C(=O)O)C(C)C. The lowest BCUT2D eigenvalue weighted by Gasteiger charge is -2.31. The molecule has 1 aromatic carbocycles. The van der Waals surface area contributed by atoms with Gasteiger partial charge in [0.1, 0.15) is 36.3 Å². The summed E-state index contributed by atoms with van der Waals surface area (Å²) in [5.41, 5.74) is 18.2. The average Bonchev–Trinajstić information content (AvgIpc) is 3.98. The number of fused-ring (bicyclic) bond motifs is 1. The van der Waals surface area contributed by atoms with Gasteiger partial charge < -0.3 is 69.4 Å². The molecule has 8 atom stereocenters. The van der Waals surface area contributed by atoms with E-state index in [4.69, 9.17) is 17.2 Å². The van der Waals surface area contributed by atoms with E-state index >= 15 is 0 Å². The molecule has 1 saturated heterocycles. The number of para-hydroxylation sites is 1. The third-order valence-corrected chi connectivity index (χ3v) is 12.5. The molecule has 15 N–H and O–H groups in total. The largest absolute Gasteiger partial charge is 0.480 e. The van der Waals surface area contributed by atoms with Gasteiger partial charge in [0.05, 0.1) is 19.1 Å². The van der Waals surface area contributed by atoms with Crippen molar-refractivity contribution in [1.82, 2.24) is 47.1 Å². The number of aliphatic imine (C=N–C) groups is 1. The van der Waals surface area contributed by atoms with Gasteiger partial charge >= 0.3 is 5.97 Å². The predicted octanol–water partition coefficient (Wildman–Crippen LogP) is -0.382. The number of aliphatic carboxylic acids is 1. The van der Waals surface area contributed by atoms with Crippen molar-refractivity contribution in [3.8, 4) is 0 Å². The van der Waals surface area contributed by atoms with Gasteiger partial charge in [-0.1, -0.05) is 80.0 Å². The van der Waals surface area contributed by atoms with E-state index < -0.39 is 109 Å². The number of likely N-dealkylation sites (tertiary alicyclic amines) is 1. The third-order valence-electron chi connectivity index (χ3n) is 12.5. The molecule has 0 unspecified atom stereocenters. The number of guanidine groups is 1. The normalized spacial score (nSPS) is 16.4. The van der Waals surface area contributed by atoms with Gasteiger partial charge in [0, 0.05) is 36.6 Å². The highest BCUT2D eigenvalue weighted by atomic mass is 16.4. The van der Waals surface area contributed by atoms with Crippen LogP contribution in [-0.2, 0) is 49.6 Å². The first kappa shape index (κ1) is 59.5. The van der Waals surface area contributed by atoms with Gasteiger partial charge in [0.2, 0.25) is 47.3 Å². The molecule has 0 aliphatic carbocycles. The number of aromatic nitrogens is 1. The first-order valence-electron chi connectivity index (χ1n) is 24.9. The maximum Gasteiger partial charge on any atom is 0.326 e. The van der Waals surface area contributed by atoms with Gasteiger partial charge in [-0.05, 0) is 73.8 Å². The van der Waals surface area contributed by atoms with E-state index in [-0.39, 0.29) is 81.2 Å². The van der Waals surface area contributed by atoms with Gasteiger partial charge in [-0.2, -0.15) is 0 Å². The van der Waals surface area contributed by atoms with E-state index in [0.29, 0.717) is 18.4 Å². The van der Waals surface area contributed by atoms with E-state index in [0.717, 1.165) is 10.9 Å². The molecule has 2 aromatic rings. The summed E-state index contributed by atoms with van der Waals surface area (Å²) in [4.78, 5) is 129. The molecule has 2 heterocycles. The number of nitrogens with zero attached hydrogens (tertiary/aromatic N) is 2. The number of hydrogen-bond acceptors (Lipinski definition) is 11. The Morgan fingerprint density at radius 1 is 0.764 bits per heavy atom. The Morgan fingerprint density at radius 2 is 1.39 bits per heavy atom. The monoisotopic (exact) mass is 1010 g/mol. The summed E-state index contributed by atoms with van der Waals surface area (Å²) in [6.45, 7) is 13.8. The van der Waals surface area contributed by atoms with Crippen molar-refractivity contribution >= 4 is 70.1 Å². The van der Waals surface area contributed by atoms with Gasteiger partial charge in [-0.15, -0.1) is 0 Å². The molecule has 23 heteroatoms. The van der Waals surface area contributed by atoms with Crippen LogP contribution < -0.4 is 54.4 Å². The Labute approximate surface area is 421 Å². The summed E-state index contributed by atoms with van der Waals surface area (Å²) < 4.78 is 0. The van der Waals surface area contributed by atoms with Gasteiger partial charge in [0.15, 0.2) is 5.96 Å². The summed E-state index contributed by atoms with van der Waals surface area (Å²) in [7, 11) is 0. The number of nitrogens with one attached hydrogen (secondary N) is 8. The third kappa shape index (κ3) is 18.8. The summed E-state index contributed by atoms with van der Waals surface area (Å²) in [6.07, 6.45) is 3.68. The predicted molar refractivity (Wildman–Crippen MR) is 271 cm³/mol. The highest BCUT2D eigenvalue weighted by Crippen LogP contribution is 2.22. The molecule has 23 nitrogen and oxygen atoms in total. The van der Waals surface area contributed by atoms with Crippen LogP contribution >= 0.6 is 0 Å². The molecule has 3 rings (SSSR count). The number of aromatic amines is 1. The molecule has 1 aliphatic rings. The van der Waals surface area contributed by atoms with Crippen LogP contribution in [-0.4, -0.2) is 143 Å². The Morgan fingerprint density at radius 3 is 2.01 bits per heavy atom. The quantitative estimate of drug-likeness (QED) is 0.0281. The second kappa shape index (κ2) is 28.9. The van der Waals surface area contributed by atoms with E-state index in [2.05, 4.69) is 47.2 Å². The minimum absolute atomic E-state index is 0.0313. The highest BCUT2D eigenvalue weighted by Gasteiger charge is 2.40. The number of nitrogens with two attached hydrogens (primary N) is 3. The van der Waals surface area contributed by atoms with Crippen molar-refractivity contribution in [2.24, 2.45) is 45.9 Å². The molecule has 0 bridgehead atoms. The highest BCUT2D eigenvalue weighted by molar-refractivity contribution is 5.97. The molecule has 1 aliphatic heterocycles. The minimum atomic E-state index is -1.27. The maximum absolute atomic E-state index is 14.4. The molecule has 0 saturated carbocycles. The number of rotatable bonds is 29. The Kier molecular flexibility index (Phi) is 23.9. The van der Waals surface area contributed by atoms with Crippen LogP contribution in [0.4, 0.5) is 0 Å². The molecule has 72 heavy (non-hydrogen) atoms. The molecule has 8 amide bonds. The minimum Gasteiger partial charge on any atom is -0.480 e. The van der Waals surface area contributed by atoms with Crippen molar-refractivity contribution in [2.75, 3.05) is 26.2 Å². The van der Waals surface area contributed by atoms with E-state index in [1.807, 2.05) is 65.8 Å². The lowest BCUT2D eigenvalue weighted by molar-refractivity contribution is -0.145. The number of H-pyrrole nitrogens is 1. The van der Waals surface area contributed by atoms with Crippen LogP contribution in [0.1, 0.15) is 106 Å². The Bertz CT molecular complexity index is 2230. The van der Waals surface area contributed by atoms with Crippen molar-refractivity contribution in [3.63, 3.8) is 0 Å². The maximum atomic E-state index is 14.4. The molecule has 0 radical (unpaired) electrons. The lowest BCUT2D eigenvalue weighted by atomic mass is 9.97. The number of carboxylic acid groups (broad SMARTS) is 1. The Hall–Kier alpha value is -6.78. The number of carboxylic acids is 1. The van der Waals surface area contributed by atoms with Crippen molar-refractivity contribution in [2.45, 2.75) is 149 Å². The van der Waals surface area contributed by atoms with E-state index in [9.17, 15) is 48.3 Å². The number of carbonyl (C=O) groups is 9. The van der Waals surface area contributed by atoms with Crippen LogP contribution in [0.5, 0.6) is 0 Å². The van der Waals surface area contributed by atoms with Crippen molar-refractivity contribution in [3.05, 3.63) is 36.0 Å². The molecule has 0 spiro atoms. The molecule has 1 aromatic heterocycles. The van der Waals surface area contributed by atoms with Crippen LogP contribution in [0.3, 0.4) is 0 Å². The standard InChI is InChI=1S/C49H79N13O10/c1-9-29(8)40(50)45(68)61-41(28(6)7)46(69)56-24-38(63)55-25-39(64)57-35(22-30-23-54-32-15-11-10-14-31(30)32)43(66)59-34(20-26(2)3)42(65)60-36(21-27(4)5)47(70)62-19-13-17-37(62)44(67)58-33(48(71)72)16-12-18-53-49(51)52/h10-11,14-15,23,26-29,33-37,40-41,54H,9,12-13,16-22,24-25,50H2,1-8H3,(H,55,63)(H,56,69)(H,57,64)(H,58,67)(H,59,66)(H,60,65)(H,61,68)(H,71,72)(H4,51,52,53)/t29-,33-,34-,35-,36-,37-,40-,41-/m0/s1. The number of carbonyl (C=O) groups excluding carboxylic acids is 8. The van der Waals surface area contributed by atoms with Gasteiger partial charge in [-0.3, -0.25) is 43.3 Å². The topological polar surface area (TPSA) is 368 Å². The molecule has 400 valence electrons. The molecular formula is C49H79N13O10. The number of benzene rings is 1. The van der Waals surface area contributed by atoms with E-state index in [1.165, 1.54) is 4.90 Å². The summed E-state index contributed by atoms with van der Waals surface area (Å²) in [5, 5.41) is 29.1. The van der Waals surface area contributed by atoms with Crippen LogP contribution in [0.25, 0.3) is 10.9 Å². The zero-order valence-corrected chi connectivity index (χ0v) is 43.0. The van der Waals surface area contributed by atoms with Crippen LogP contribution in [0.15, 0.2) is 35.5 Å². The van der Waals surface area contributed by atoms with Crippen LogP contribution in [0, 0.1) is 23.7 Å². The van der Waals surface area contributed by atoms with Crippen LogP contribution in [0.2, 0.25) is 0 Å². The lowest BCUT2D eigenvalue weighted by Crippen LogP contribution is -2.59. The first-order chi connectivity index (χ1) is 33.9. The summed E-state index contributed by atoms with van der Waals surface area (Å²) >= 11 is 0. The van der Waals surface area contributed by atoms with E-state index in [1.54, 1.807) is 20.0 Å². The summed E-state index contributed by atoms with van der Waals surface area (Å²) in [5.74, 6) is -7.29. The van der Waals surface area contributed by atoms with Crippen molar-refractivity contribution in [1.29, 1.82) is 0 Å².